The molecule has 27 heavy (non-hydrogen) atoms. The van der Waals surface area contributed by atoms with Crippen molar-refractivity contribution in [1.29, 1.82) is 0 Å². The van der Waals surface area contributed by atoms with Crippen molar-refractivity contribution in [3.8, 4) is 5.75 Å². The van der Waals surface area contributed by atoms with Gasteiger partial charge in [-0.1, -0.05) is 72.8 Å². The lowest BCUT2D eigenvalue weighted by Crippen LogP contribution is -2.41. The fourth-order valence-electron chi connectivity index (χ4n) is 2.73. The first-order valence-electron chi connectivity index (χ1n) is 9.03. The standard InChI is InChI=1S/C23H24N2O2/c24-22(23(26)25-16-19-7-3-1-4-8-19)15-18-11-13-21(14-12-18)27-17-20-9-5-2-6-10-20/h1-14,22H,15-17,24H2,(H,25,26)/t22-/m0/s1. The average molecular weight is 360 g/mol. The number of carbonyl (C=O) groups is 1. The normalized spacial score (nSPS) is 11.6. The summed E-state index contributed by atoms with van der Waals surface area (Å²) in [5.74, 6) is 0.646. The predicted octanol–water partition coefficient (Wildman–Crippen LogP) is 3.45. The van der Waals surface area contributed by atoms with E-state index in [1.54, 1.807) is 0 Å². The summed E-state index contributed by atoms with van der Waals surface area (Å²) < 4.78 is 5.78. The molecule has 0 aliphatic carbocycles. The van der Waals surface area contributed by atoms with E-state index in [9.17, 15) is 4.79 Å². The summed E-state index contributed by atoms with van der Waals surface area (Å²) in [4.78, 5) is 12.2. The van der Waals surface area contributed by atoms with Crippen molar-refractivity contribution in [2.75, 3.05) is 0 Å². The maximum absolute atomic E-state index is 12.2. The summed E-state index contributed by atoms with van der Waals surface area (Å²) in [7, 11) is 0. The molecule has 0 aliphatic heterocycles. The van der Waals surface area contributed by atoms with E-state index in [2.05, 4.69) is 5.32 Å². The number of hydrogen-bond donors (Lipinski definition) is 2. The van der Waals surface area contributed by atoms with Crippen LogP contribution in [0.25, 0.3) is 0 Å². The molecule has 138 valence electrons. The Kier molecular flexibility index (Phi) is 6.61. The topological polar surface area (TPSA) is 64.3 Å². The van der Waals surface area contributed by atoms with Crippen LogP contribution in [-0.4, -0.2) is 11.9 Å². The van der Waals surface area contributed by atoms with E-state index >= 15 is 0 Å². The van der Waals surface area contributed by atoms with Crippen molar-refractivity contribution >= 4 is 5.91 Å². The SMILES string of the molecule is N[C@@H](Cc1ccc(OCc2ccccc2)cc1)C(=O)NCc1ccccc1. The van der Waals surface area contributed by atoms with Gasteiger partial charge in [-0.2, -0.15) is 0 Å². The van der Waals surface area contributed by atoms with Gasteiger partial charge in [0.1, 0.15) is 12.4 Å². The molecule has 0 heterocycles. The summed E-state index contributed by atoms with van der Waals surface area (Å²) >= 11 is 0. The van der Waals surface area contributed by atoms with E-state index in [0.29, 0.717) is 19.6 Å². The van der Waals surface area contributed by atoms with Gasteiger partial charge in [0.15, 0.2) is 0 Å². The number of carbonyl (C=O) groups excluding carboxylic acids is 1. The van der Waals surface area contributed by atoms with Crippen LogP contribution in [0.4, 0.5) is 0 Å². The zero-order chi connectivity index (χ0) is 18.9. The van der Waals surface area contributed by atoms with Gasteiger partial charge in [-0.15, -0.1) is 0 Å². The fourth-order valence-corrected chi connectivity index (χ4v) is 2.73. The van der Waals surface area contributed by atoms with E-state index < -0.39 is 6.04 Å². The van der Waals surface area contributed by atoms with E-state index in [0.717, 1.165) is 22.4 Å². The summed E-state index contributed by atoms with van der Waals surface area (Å²) in [5.41, 5.74) is 9.22. The molecule has 0 saturated heterocycles. The van der Waals surface area contributed by atoms with Gasteiger partial charge >= 0.3 is 0 Å². The zero-order valence-electron chi connectivity index (χ0n) is 15.2. The molecule has 0 aliphatic rings. The minimum atomic E-state index is -0.579. The molecule has 0 saturated carbocycles. The molecule has 0 unspecified atom stereocenters. The lowest BCUT2D eigenvalue weighted by atomic mass is 10.1. The Morgan fingerprint density at radius 1 is 0.815 bits per heavy atom. The van der Waals surface area contributed by atoms with Crippen molar-refractivity contribution in [3.05, 3.63) is 102 Å². The Bertz CT molecular complexity index is 833. The molecule has 0 spiro atoms. The molecule has 0 radical (unpaired) electrons. The molecule has 4 heteroatoms. The van der Waals surface area contributed by atoms with Crippen molar-refractivity contribution in [2.24, 2.45) is 5.73 Å². The van der Waals surface area contributed by atoms with Gasteiger partial charge in [0.25, 0.3) is 0 Å². The van der Waals surface area contributed by atoms with Crippen LogP contribution in [0.5, 0.6) is 5.75 Å². The van der Waals surface area contributed by atoms with E-state index in [1.165, 1.54) is 0 Å². The minimum absolute atomic E-state index is 0.150. The third-order valence-electron chi connectivity index (χ3n) is 4.27. The summed E-state index contributed by atoms with van der Waals surface area (Å²) in [6.45, 7) is 1.02. The van der Waals surface area contributed by atoms with Gasteiger partial charge in [0, 0.05) is 6.54 Å². The maximum atomic E-state index is 12.2. The van der Waals surface area contributed by atoms with E-state index in [4.69, 9.17) is 10.5 Å². The van der Waals surface area contributed by atoms with Gasteiger partial charge in [0.2, 0.25) is 5.91 Å². The predicted molar refractivity (Wildman–Crippen MR) is 107 cm³/mol. The van der Waals surface area contributed by atoms with Crippen molar-refractivity contribution in [3.63, 3.8) is 0 Å². The molecule has 3 aromatic rings. The molecular formula is C23H24N2O2. The van der Waals surface area contributed by atoms with Gasteiger partial charge in [0.05, 0.1) is 6.04 Å². The largest absolute Gasteiger partial charge is 0.489 e. The van der Waals surface area contributed by atoms with Gasteiger partial charge in [-0.05, 0) is 35.2 Å². The first kappa shape index (κ1) is 18.7. The molecule has 3 N–H and O–H groups in total. The minimum Gasteiger partial charge on any atom is -0.489 e. The molecule has 3 rings (SSSR count). The second-order valence-corrected chi connectivity index (χ2v) is 6.43. The first-order valence-corrected chi connectivity index (χ1v) is 9.03. The monoisotopic (exact) mass is 360 g/mol. The smallest absolute Gasteiger partial charge is 0.237 e. The Morgan fingerprint density at radius 2 is 1.41 bits per heavy atom. The second kappa shape index (κ2) is 9.55. The molecule has 0 fully saturated rings. The van der Waals surface area contributed by atoms with E-state index in [1.807, 2.05) is 84.9 Å². The third kappa shape index (κ3) is 5.97. The van der Waals surface area contributed by atoms with E-state index in [-0.39, 0.29) is 5.91 Å². The highest BCUT2D eigenvalue weighted by Crippen LogP contribution is 2.15. The van der Waals surface area contributed by atoms with Gasteiger partial charge in [-0.3, -0.25) is 4.79 Å². The Balaban J connectivity index is 1.46. The van der Waals surface area contributed by atoms with Crippen LogP contribution in [-0.2, 0) is 24.4 Å². The fraction of sp³-hybridized carbons (Fsp3) is 0.174. The lowest BCUT2D eigenvalue weighted by molar-refractivity contribution is -0.122. The van der Waals surface area contributed by atoms with Crippen LogP contribution in [0.1, 0.15) is 16.7 Å². The second-order valence-electron chi connectivity index (χ2n) is 6.43. The van der Waals surface area contributed by atoms with Crippen LogP contribution >= 0.6 is 0 Å². The van der Waals surface area contributed by atoms with Crippen molar-refractivity contribution in [2.45, 2.75) is 25.6 Å². The van der Waals surface area contributed by atoms with Gasteiger partial charge in [-0.25, -0.2) is 0 Å². The number of benzene rings is 3. The highest BCUT2D eigenvalue weighted by Gasteiger charge is 2.13. The first-order chi connectivity index (χ1) is 13.2. The Morgan fingerprint density at radius 3 is 2.04 bits per heavy atom. The Labute approximate surface area is 160 Å². The highest BCUT2D eigenvalue weighted by molar-refractivity contribution is 5.81. The van der Waals surface area contributed by atoms with Crippen LogP contribution in [0.15, 0.2) is 84.9 Å². The average Bonchev–Trinajstić information content (AvgIpc) is 2.73. The number of rotatable bonds is 8. The lowest BCUT2D eigenvalue weighted by Gasteiger charge is -2.13. The molecular weight excluding hydrogens is 336 g/mol. The van der Waals surface area contributed by atoms with Crippen LogP contribution in [0, 0.1) is 0 Å². The quantitative estimate of drug-likeness (QED) is 0.647. The van der Waals surface area contributed by atoms with Crippen LogP contribution in [0.3, 0.4) is 0 Å². The highest BCUT2D eigenvalue weighted by atomic mass is 16.5. The Hall–Kier alpha value is -3.11. The van der Waals surface area contributed by atoms with Crippen LogP contribution < -0.4 is 15.8 Å². The molecule has 1 amide bonds. The molecule has 4 nitrogen and oxygen atoms in total. The van der Waals surface area contributed by atoms with Crippen molar-refractivity contribution < 1.29 is 9.53 Å². The summed E-state index contributed by atoms with van der Waals surface area (Å²) in [6, 6.07) is 27.0. The maximum Gasteiger partial charge on any atom is 0.237 e. The molecule has 0 aromatic heterocycles. The number of nitrogens with two attached hydrogens (primary N) is 1. The molecule has 3 aromatic carbocycles. The number of amides is 1. The number of ether oxygens (including phenoxy) is 1. The van der Waals surface area contributed by atoms with Crippen molar-refractivity contribution in [1.82, 2.24) is 5.32 Å². The van der Waals surface area contributed by atoms with Crippen LogP contribution in [0.2, 0.25) is 0 Å². The number of nitrogens with one attached hydrogen (secondary N) is 1. The zero-order valence-corrected chi connectivity index (χ0v) is 15.2. The summed E-state index contributed by atoms with van der Waals surface area (Å²) in [6.07, 6.45) is 0.486. The summed E-state index contributed by atoms with van der Waals surface area (Å²) in [5, 5.41) is 2.88. The molecule has 1 atom stereocenters. The van der Waals surface area contributed by atoms with Gasteiger partial charge < -0.3 is 15.8 Å². The third-order valence-corrected chi connectivity index (χ3v) is 4.27. The number of hydrogen-bond acceptors (Lipinski definition) is 3. The molecule has 0 bridgehead atoms.